The molecular formula is C31H53N7O4Si2. The smallest absolute Gasteiger partial charge is 0.404 e. The third-order valence-corrected chi connectivity index (χ3v) is 15.1. The standard InChI is InChI=1S/C31H53N7O4Si2/c1-21(2)13-28-35-26-18-32-25(29-33-19-37(36-29)20-41-11-12-43(6,7)8)17-27(26)38(28)23-14-22(34-30(39)40)15-24(16-23)42-44(9,10)31(3,4)5/h17-19,21-24,34H,11-16,20H2,1-10H3,(H,39,40). The Morgan fingerprint density at radius 1 is 1.14 bits per heavy atom. The Bertz CT molecular complexity index is 1420. The Kier molecular flexibility index (Phi) is 10.4. The van der Waals surface area contributed by atoms with Crippen molar-refractivity contribution in [3.63, 3.8) is 0 Å². The lowest BCUT2D eigenvalue weighted by Gasteiger charge is -2.43. The molecule has 1 fully saturated rings. The van der Waals surface area contributed by atoms with Crippen LogP contribution in [0.3, 0.4) is 0 Å². The van der Waals surface area contributed by atoms with Crippen LogP contribution < -0.4 is 5.32 Å². The molecule has 3 atom stereocenters. The molecule has 3 heterocycles. The molecule has 0 radical (unpaired) electrons. The molecule has 1 amide bonds. The van der Waals surface area contributed by atoms with Crippen LogP contribution >= 0.6 is 0 Å². The van der Waals surface area contributed by atoms with Gasteiger partial charge in [0.2, 0.25) is 0 Å². The SMILES string of the molecule is CC(C)Cc1nc2cnc(-c3ncn(COCC[Si](C)(C)C)n3)cc2n1C1CC(NC(=O)O)CC(O[Si](C)(C)C(C)(C)C)C1. The zero-order valence-corrected chi connectivity index (χ0v) is 30.3. The van der Waals surface area contributed by atoms with Crippen molar-refractivity contribution in [1.82, 2.24) is 34.6 Å². The van der Waals surface area contributed by atoms with Crippen molar-refractivity contribution < 1.29 is 19.1 Å². The number of fused-ring (bicyclic) bond motifs is 1. The Hall–Kier alpha value is -2.62. The molecule has 13 heteroatoms. The molecule has 2 N–H and O–H groups in total. The molecule has 0 aromatic carbocycles. The van der Waals surface area contributed by atoms with E-state index in [2.05, 4.69) is 92.3 Å². The molecule has 3 aromatic rings. The number of imidazole rings is 1. The highest BCUT2D eigenvalue weighted by molar-refractivity contribution is 6.76. The number of nitrogens with one attached hydrogen (secondary N) is 1. The van der Waals surface area contributed by atoms with E-state index in [4.69, 9.17) is 14.1 Å². The number of pyridine rings is 1. The van der Waals surface area contributed by atoms with Gasteiger partial charge in [0.25, 0.3) is 0 Å². The Balaban J connectivity index is 1.67. The quantitative estimate of drug-likeness (QED) is 0.160. The third-order valence-electron chi connectivity index (χ3n) is 8.82. The number of nitrogens with zero attached hydrogens (tertiary/aromatic N) is 6. The summed E-state index contributed by atoms with van der Waals surface area (Å²) in [7, 11) is -3.24. The average molecular weight is 644 g/mol. The number of rotatable bonds is 12. The molecule has 244 valence electrons. The molecule has 0 saturated heterocycles. The Labute approximate surface area is 264 Å². The molecule has 1 aliphatic carbocycles. The van der Waals surface area contributed by atoms with Gasteiger partial charge >= 0.3 is 6.09 Å². The van der Waals surface area contributed by atoms with Gasteiger partial charge in [0.1, 0.15) is 30.1 Å². The van der Waals surface area contributed by atoms with Crippen LogP contribution in [0.5, 0.6) is 0 Å². The number of hydrogen-bond acceptors (Lipinski definition) is 7. The van der Waals surface area contributed by atoms with Gasteiger partial charge in [0.05, 0.1) is 11.7 Å². The van der Waals surface area contributed by atoms with Crippen molar-refractivity contribution in [3.8, 4) is 11.5 Å². The summed E-state index contributed by atoms with van der Waals surface area (Å²) in [6.07, 6.45) is 5.34. The highest BCUT2D eigenvalue weighted by atomic mass is 28.4. The van der Waals surface area contributed by atoms with Crippen LogP contribution in [0.15, 0.2) is 18.6 Å². The second-order valence-corrected chi connectivity index (χ2v) is 25.9. The van der Waals surface area contributed by atoms with E-state index in [-0.39, 0.29) is 23.2 Å². The van der Waals surface area contributed by atoms with Crippen molar-refractivity contribution in [2.45, 2.75) is 129 Å². The fourth-order valence-electron chi connectivity index (χ4n) is 5.53. The van der Waals surface area contributed by atoms with Gasteiger partial charge in [-0.3, -0.25) is 4.98 Å². The largest absolute Gasteiger partial charge is 0.465 e. The molecule has 44 heavy (non-hydrogen) atoms. The molecular weight excluding hydrogens is 591 g/mol. The second-order valence-electron chi connectivity index (χ2n) is 15.5. The van der Waals surface area contributed by atoms with Gasteiger partial charge < -0.3 is 24.2 Å². The average Bonchev–Trinajstić information content (AvgIpc) is 3.48. The van der Waals surface area contributed by atoms with E-state index in [9.17, 15) is 9.90 Å². The lowest BCUT2D eigenvalue weighted by atomic mass is 9.88. The fraction of sp³-hybridized carbons (Fsp3) is 0.710. The second kappa shape index (κ2) is 13.4. The number of aromatic nitrogens is 6. The molecule has 3 aromatic heterocycles. The lowest BCUT2D eigenvalue weighted by Crippen LogP contribution is -2.49. The van der Waals surface area contributed by atoms with Crippen molar-refractivity contribution >= 4 is 33.5 Å². The van der Waals surface area contributed by atoms with E-state index < -0.39 is 22.5 Å². The molecule has 11 nitrogen and oxygen atoms in total. The Morgan fingerprint density at radius 3 is 2.50 bits per heavy atom. The maximum atomic E-state index is 11.8. The van der Waals surface area contributed by atoms with E-state index >= 15 is 0 Å². The summed E-state index contributed by atoms with van der Waals surface area (Å²) in [5, 5.41) is 17.1. The van der Waals surface area contributed by atoms with Gasteiger partial charge in [0, 0.05) is 39.3 Å². The highest BCUT2D eigenvalue weighted by Gasteiger charge is 2.42. The summed E-state index contributed by atoms with van der Waals surface area (Å²) in [6, 6.07) is 2.91. The summed E-state index contributed by atoms with van der Waals surface area (Å²) >= 11 is 0. The van der Waals surface area contributed by atoms with E-state index in [0.29, 0.717) is 43.6 Å². The lowest BCUT2D eigenvalue weighted by molar-refractivity contribution is 0.0784. The first-order valence-electron chi connectivity index (χ1n) is 15.9. The number of ether oxygens (including phenoxy) is 1. The van der Waals surface area contributed by atoms with Gasteiger partial charge in [-0.05, 0) is 55.4 Å². The zero-order chi connectivity index (χ0) is 32.4. The predicted octanol–water partition coefficient (Wildman–Crippen LogP) is 6.95. The minimum absolute atomic E-state index is 0.00894. The summed E-state index contributed by atoms with van der Waals surface area (Å²) in [5.74, 6) is 1.91. The van der Waals surface area contributed by atoms with Crippen molar-refractivity contribution in [2.24, 2.45) is 5.92 Å². The molecule has 1 saturated carbocycles. The van der Waals surface area contributed by atoms with Gasteiger partial charge in [-0.1, -0.05) is 54.3 Å². The first kappa shape index (κ1) is 34.3. The van der Waals surface area contributed by atoms with Crippen molar-refractivity contribution in [2.75, 3.05) is 6.61 Å². The summed E-state index contributed by atoms with van der Waals surface area (Å²) in [6.45, 7) is 23.7. The molecule has 0 aliphatic heterocycles. The van der Waals surface area contributed by atoms with Crippen LogP contribution in [0.25, 0.3) is 22.6 Å². The number of hydrogen-bond donors (Lipinski definition) is 2. The van der Waals surface area contributed by atoms with E-state index in [1.165, 1.54) is 0 Å². The maximum Gasteiger partial charge on any atom is 0.404 e. The molecule has 1 aliphatic rings. The highest BCUT2D eigenvalue weighted by Crippen LogP contribution is 2.41. The maximum absolute atomic E-state index is 11.8. The minimum atomic E-state index is -2.08. The van der Waals surface area contributed by atoms with Gasteiger partial charge in [-0.15, -0.1) is 5.10 Å². The first-order valence-corrected chi connectivity index (χ1v) is 22.5. The molecule has 3 unspecified atom stereocenters. The summed E-state index contributed by atoms with van der Waals surface area (Å²) in [4.78, 5) is 26.0. The zero-order valence-electron chi connectivity index (χ0n) is 28.3. The number of amides is 1. The first-order chi connectivity index (χ1) is 20.4. The van der Waals surface area contributed by atoms with Crippen LogP contribution in [0.2, 0.25) is 43.8 Å². The van der Waals surface area contributed by atoms with Crippen LogP contribution in [-0.4, -0.2) is 75.6 Å². The minimum Gasteiger partial charge on any atom is -0.465 e. The van der Waals surface area contributed by atoms with Crippen LogP contribution in [-0.2, 0) is 22.3 Å². The van der Waals surface area contributed by atoms with E-state index in [1.54, 1.807) is 17.2 Å². The van der Waals surface area contributed by atoms with Crippen LogP contribution in [0, 0.1) is 5.92 Å². The Morgan fingerprint density at radius 2 is 1.86 bits per heavy atom. The van der Waals surface area contributed by atoms with E-state index in [0.717, 1.165) is 35.7 Å². The molecule has 4 rings (SSSR count). The normalized spacial score (nSPS) is 20.0. The monoisotopic (exact) mass is 643 g/mol. The summed E-state index contributed by atoms with van der Waals surface area (Å²) < 4.78 is 16.8. The van der Waals surface area contributed by atoms with Gasteiger partial charge in [-0.2, -0.15) is 0 Å². The van der Waals surface area contributed by atoms with Gasteiger partial charge in [0.15, 0.2) is 14.1 Å². The summed E-state index contributed by atoms with van der Waals surface area (Å²) in [5.41, 5.74) is 2.44. The molecule has 0 bridgehead atoms. The topological polar surface area (TPSA) is 129 Å². The van der Waals surface area contributed by atoms with Crippen molar-refractivity contribution in [1.29, 1.82) is 0 Å². The van der Waals surface area contributed by atoms with Gasteiger partial charge in [-0.25, -0.2) is 19.4 Å². The number of carbonyl (C=O) groups is 1. The third kappa shape index (κ3) is 8.76. The van der Waals surface area contributed by atoms with Crippen LogP contribution in [0.1, 0.15) is 65.7 Å². The molecule has 0 spiro atoms. The van der Waals surface area contributed by atoms with Crippen molar-refractivity contribution in [3.05, 3.63) is 24.4 Å². The predicted molar refractivity (Wildman–Crippen MR) is 179 cm³/mol. The van der Waals surface area contributed by atoms with E-state index in [1.807, 2.05) is 6.07 Å². The number of carboxylic acid groups (broad SMARTS) is 1. The fourth-order valence-corrected chi connectivity index (χ4v) is 7.66. The van der Waals surface area contributed by atoms with Crippen LogP contribution in [0.4, 0.5) is 4.79 Å².